The van der Waals surface area contributed by atoms with Gasteiger partial charge in [0.2, 0.25) is 0 Å². The number of benzene rings is 1. The molecule has 0 radical (unpaired) electrons. The van der Waals surface area contributed by atoms with Gasteiger partial charge < -0.3 is 19.9 Å². The number of guanidine groups is 1. The van der Waals surface area contributed by atoms with Gasteiger partial charge in [-0.1, -0.05) is 12.1 Å². The van der Waals surface area contributed by atoms with Crippen molar-refractivity contribution in [1.29, 1.82) is 0 Å². The Kier molecular flexibility index (Phi) is 9.43. The van der Waals surface area contributed by atoms with Gasteiger partial charge in [0.05, 0.1) is 7.11 Å². The van der Waals surface area contributed by atoms with Gasteiger partial charge in [0.1, 0.15) is 5.75 Å². The van der Waals surface area contributed by atoms with Crippen LogP contribution < -0.4 is 10.1 Å². The molecule has 1 saturated heterocycles. The molecule has 0 saturated carbocycles. The van der Waals surface area contributed by atoms with Crippen LogP contribution in [0.1, 0.15) is 18.9 Å². The van der Waals surface area contributed by atoms with E-state index in [1.165, 1.54) is 18.5 Å². The zero-order valence-corrected chi connectivity index (χ0v) is 17.6. The maximum Gasteiger partial charge on any atom is 0.193 e. The van der Waals surface area contributed by atoms with E-state index in [0.717, 1.165) is 37.9 Å². The van der Waals surface area contributed by atoms with Crippen molar-refractivity contribution in [2.24, 2.45) is 10.9 Å². The van der Waals surface area contributed by atoms with E-state index in [9.17, 15) is 0 Å². The van der Waals surface area contributed by atoms with E-state index in [1.54, 1.807) is 7.11 Å². The number of aliphatic imine (C=N–C) groups is 1. The molecule has 0 spiro atoms. The van der Waals surface area contributed by atoms with Crippen molar-refractivity contribution in [3.63, 3.8) is 0 Å². The fourth-order valence-corrected chi connectivity index (χ4v) is 2.98. The van der Waals surface area contributed by atoms with Crippen LogP contribution in [-0.2, 0) is 6.54 Å². The van der Waals surface area contributed by atoms with Crippen LogP contribution in [-0.4, -0.2) is 63.1 Å². The largest absolute Gasteiger partial charge is 0.497 e. The molecule has 1 aliphatic heterocycles. The Morgan fingerprint density at radius 2 is 2.25 bits per heavy atom. The van der Waals surface area contributed by atoms with Crippen LogP contribution in [0.15, 0.2) is 29.3 Å². The number of rotatable bonds is 6. The molecule has 1 unspecified atom stereocenters. The van der Waals surface area contributed by atoms with Crippen LogP contribution in [0, 0.1) is 5.92 Å². The monoisotopic (exact) mass is 446 g/mol. The maximum atomic E-state index is 5.30. The molecule has 0 aliphatic carbocycles. The molecule has 0 aromatic heterocycles. The molecule has 1 fully saturated rings. The van der Waals surface area contributed by atoms with Crippen molar-refractivity contribution in [1.82, 2.24) is 15.1 Å². The molecule has 1 heterocycles. The van der Waals surface area contributed by atoms with Crippen molar-refractivity contribution in [3.8, 4) is 5.75 Å². The lowest BCUT2D eigenvalue weighted by Gasteiger charge is -2.23. The number of halogens is 1. The third-order valence-corrected chi connectivity index (χ3v) is 4.24. The molecule has 1 aromatic carbocycles. The summed E-state index contributed by atoms with van der Waals surface area (Å²) in [7, 11) is 5.97. The summed E-state index contributed by atoms with van der Waals surface area (Å²) in [5.41, 5.74) is 1.22. The Labute approximate surface area is 163 Å². The topological polar surface area (TPSA) is 40.1 Å². The average molecular weight is 446 g/mol. The highest BCUT2D eigenvalue weighted by atomic mass is 127. The molecule has 0 amide bonds. The van der Waals surface area contributed by atoms with Gasteiger partial charge in [-0.2, -0.15) is 0 Å². The predicted molar refractivity (Wildman–Crippen MR) is 111 cm³/mol. The fraction of sp³-hybridized carbons (Fsp3) is 0.611. The van der Waals surface area contributed by atoms with Crippen LogP contribution in [0.4, 0.5) is 0 Å². The Hall–Kier alpha value is -1.02. The lowest BCUT2D eigenvalue weighted by molar-refractivity contribution is 0.396. The highest BCUT2D eigenvalue weighted by molar-refractivity contribution is 14.0. The Balaban J connectivity index is 0.00000288. The molecule has 5 nitrogen and oxygen atoms in total. The number of hydrogen-bond donors (Lipinski definition) is 1. The van der Waals surface area contributed by atoms with Crippen molar-refractivity contribution in [2.45, 2.75) is 19.9 Å². The van der Waals surface area contributed by atoms with Gasteiger partial charge in [-0.3, -0.25) is 4.99 Å². The van der Waals surface area contributed by atoms with E-state index in [0.29, 0.717) is 5.92 Å². The fourth-order valence-electron chi connectivity index (χ4n) is 2.98. The first-order valence-corrected chi connectivity index (χ1v) is 8.43. The molecule has 1 N–H and O–H groups in total. The van der Waals surface area contributed by atoms with Crippen LogP contribution in [0.2, 0.25) is 0 Å². The lowest BCUT2D eigenvalue weighted by atomic mass is 10.1. The Bertz CT molecular complexity index is 523. The van der Waals surface area contributed by atoms with E-state index >= 15 is 0 Å². The highest BCUT2D eigenvalue weighted by Gasteiger charge is 2.19. The van der Waals surface area contributed by atoms with Crippen molar-refractivity contribution in [3.05, 3.63) is 29.8 Å². The maximum absolute atomic E-state index is 5.30. The second-order valence-corrected chi connectivity index (χ2v) is 6.32. The molecule has 2 rings (SSSR count). The molecule has 0 bridgehead atoms. The number of ether oxygens (including phenoxy) is 1. The van der Waals surface area contributed by atoms with E-state index in [4.69, 9.17) is 9.73 Å². The number of hydrogen-bond acceptors (Lipinski definition) is 3. The van der Waals surface area contributed by atoms with Crippen molar-refractivity contribution in [2.75, 3.05) is 47.4 Å². The molecule has 1 aliphatic rings. The van der Waals surface area contributed by atoms with Crippen molar-refractivity contribution >= 4 is 29.9 Å². The standard InChI is InChI=1S/C18H30N4O.HI/c1-5-19-18(20-12-16-9-10-21(2)13-16)22(3)14-15-7-6-8-17(11-15)23-4;/h6-8,11,16H,5,9-10,12-14H2,1-4H3,(H,19,20);1H. The van der Waals surface area contributed by atoms with Gasteiger partial charge in [0.25, 0.3) is 0 Å². The normalized spacial score (nSPS) is 18.2. The van der Waals surface area contributed by atoms with Crippen LogP contribution in [0.5, 0.6) is 5.75 Å². The average Bonchev–Trinajstić information content (AvgIpc) is 2.97. The first kappa shape index (κ1) is 21.0. The molecule has 1 aromatic rings. The van der Waals surface area contributed by atoms with Gasteiger partial charge in [-0.25, -0.2) is 0 Å². The van der Waals surface area contributed by atoms with E-state index in [1.807, 2.05) is 12.1 Å². The summed E-state index contributed by atoms with van der Waals surface area (Å²) in [6.45, 7) is 7.05. The molecule has 6 heteroatoms. The molecule has 136 valence electrons. The summed E-state index contributed by atoms with van der Waals surface area (Å²) in [5, 5.41) is 3.40. The number of methoxy groups -OCH3 is 1. The first-order chi connectivity index (χ1) is 11.1. The minimum Gasteiger partial charge on any atom is -0.497 e. The van der Waals surface area contributed by atoms with E-state index in [-0.39, 0.29) is 24.0 Å². The third kappa shape index (κ3) is 6.47. The Morgan fingerprint density at radius 1 is 1.46 bits per heavy atom. The number of nitrogens with zero attached hydrogens (tertiary/aromatic N) is 3. The quantitative estimate of drug-likeness (QED) is 0.415. The predicted octanol–water partition coefficient (Wildman–Crippen LogP) is 2.66. The summed E-state index contributed by atoms with van der Waals surface area (Å²) in [5.74, 6) is 2.55. The van der Waals surface area contributed by atoms with Gasteiger partial charge in [-0.05, 0) is 50.6 Å². The van der Waals surface area contributed by atoms with Gasteiger partial charge in [0.15, 0.2) is 5.96 Å². The van der Waals surface area contributed by atoms with Gasteiger partial charge in [-0.15, -0.1) is 24.0 Å². The zero-order chi connectivity index (χ0) is 16.7. The van der Waals surface area contributed by atoms with Crippen LogP contribution in [0.25, 0.3) is 0 Å². The molecular formula is C18H31IN4O. The van der Waals surface area contributed by atoms with E-state index < -0.39 is 0 Å². The summed E-state index contributed by atoms with van der Waals surface area (Å²) in [6.07, 6.45) is 1.25. The second-order valence-electron chi connectivity index (χ2n) is 6.32. The smallest absolute Gasteiger partial charge is 0.193 e. The lowest BCUT2D eigenvalue weighted by Crippen LogP contribution is -2.38. The number of nitrogens with one attached hydrogen (secondary N) is 1. The highest BCUT2D eigenvalue weighted by Crippen LogP contribution is 2.16. The summed E-state index contributed by atoms with van der Waals surface area (Å²) < 4.78 is 5.30. The molecular weight excluding hydrogens is 415 g/mol. The van der Waals surface area contributed by atoms with Gasteiger partial charge in [0, 0.05) is 33.2 Å². The Morgan fingerprint density at radius 3 is 2.88 bits per heavy atom. The SMILES string of the molecule is CCNC(=NCC1CCN(C)C1)N(C)Cc1cccc(OC)c1.I. The minimum atomic E-state index is 0. The van der Waals surface area contributed by atoms with Crippen LogP contribution >= 0.6 is 24.0 Å². The second kappa shape index (κ2) is 10.8. The minimum absolute atomic E-state index is 0. The molecule has 24 heavy (non-hydrogen) atoms. The third-order valence-electron chi connectivity index (χ3n) is 4.24. The first-order valence-electron chi connectivity index (χ1n) is 8.43. The van der Waals surface area contributed by atoms with Gasteiger partial charge >= 0.3 is 0 Å². The zero-order valence-electron chi connectivity index (χ0n) is 15.3. The van der Waals surface area contributed by atoms with Crippen molar-refractivity contribution < 1.29 is 4.74 Å². The molecule has 1 atom stereocenters. The summed E-state index contributed by atoms with van der Waals surface area (Å²) in [4.78, 5) is 9.40. The van der Waals surface area contributed by atoms with Crippen LogP contribution in [0.3, 0.4) is 0 Å². The summed E-state index contributed by atoms with van der Waals surface area (Å²) >= 11 is 0. The van der Waals surface area contributed by atoms with E-state index in [2.05, 4.69) is 48.3 Å². The summed E-state index contributed by atoms with van der Waals surface area (Å²) in [6, 6.07) is 8.19. The number of likely N-dealkylation sites (tertiary alicyclic amines) is 1.